The van der Waals surface area contributed by atoms with Crippen LogP contribution in [0.3, 0.4) is 0 Å². The average Bonchev–Trinajstić information content (AvgIpc) is 2.80. The Morgan fingerprint density at radius 1 is 1.06 bits per heavy atom. The molecule has 0 heterocycles. The van der Waals surface area contributed by atoms with Crippen molar-refractivity contribution in [3.63, 3.8) is 0 Å². The quantitative estimate of drug-likeness (QED) is 0.309. The molecule has 33 heavy (non-hydrogen) atoms. The van der Waals surface area contributed by atoms with Crippen LogP contribution in [0.25, 0.3) is 0 Å². The number of aryl methyl sites for hydroxylation is 1. The van der Waals surface area contributed by atoms with Crippen molar-refractivity contribution in [2.24, 2.45) is 5.10 Å². The zero-order valence-electron chi connectivity index (χ0n) is 18.0. The second-order valence-electron chi connectivity index (χ2n) is 7.19. The Morgan fingerprint density at radius 2 is 1.76 bits per heavy atom. The van der Waals surface area contributed by atoms with Crippen LogP contribution in [-0.4, -0.2) is 32.0 Å². The number of nitro benzene ring substituents is 1. The van der Waals surface area contributed by atoms with Gasteiger partial charge in [-0.25, -0.2) is 13.8 Å². The van der Waals surface area contributed by atoms with Crippen LogP contribution < -0.4 is 9.73 Å². The number of hydrogen-bond acceptors (Lipinski definition) is 6. The minimum absolute atomic E-state index is 0.0544. The largest absolute Gasteiger partial charge is 0.271 e. The van der Waals surface area contributed by atoms with Crippen LogP contribution in [-0.2, 0) is 14.8 Å². The van der Waals surface area contributed by atoms with Crippen LogP contribution in [0, 0.1) is 24.0 Å². The highest BCUT2D eigenvalue weighted by molar-refractivity contribution is 7.92. The summed E-state index contributed by atoms with van der Waals surface area (Å²) in [6, 6.07) is 18.8. The number of hydrazone groups is 1. The lowest BCUT2D eigenvalue weighted by atomic mass is 10.1. The summed E-state index contributed by atoms with van der Waals surface area (Å²) in [4.78, 5) is 23.0. The molecule has 3 aromatic carbocycles. The van der Waals surface area contributed by atoms with Crippen molar-refractivity contribution in [3.05, 3.63) is 99.6 Å². The van der Waals surface area contributed by atoms with Gasteiger partial charge in [-0.1, -0.05) is 42.5 Å². The highest BCUT2D eigenvalue weighted by Gasteiger charge is 2.28. The molecule has 0 radical (unpaired) electrons. The number of amides is 1. The maximum atomic E-state index is 13.4. The third kappa shape index (κ3) is 5.60. The van der Waals surface area contributed by atoms with Crippen LogP contribution in [0.2, 0.25) is 0 Å². The van der Waals surface area contributed by atoms with Gasteiger partial charge in [0.15, 0.2) is 0 Å². The van der Waals surface area contributed by atoms with Crippen LogP contribution in [0.15, 0.2) is 82.8 Å². The van der Waals surface area contributed by atoms with Crippen molar-refractivity contribution in [1.29, 1.82) is 0 Å². The first-order valence-corrected chi connectivity index (χ1v) is 11.3. The van der Waals surface area contributed by atoms with Crippen LogP contribution in [0.1, 0.15) is 16.7 Å². The van der Waals surface area contributed by atoms with Crippen molar-refractivity contribution < 1.29 is 18.1 Å². The number of non-ortho nitro benzene ring substituents is 1. The fourth-order valence-electron chi connectivity index (χ4n) is 3.09. The van der Waals surface area contributed by atoms with Crippen LogP contribution in [0.5, 0.6) is 0 Å². The summed E-state index contributed by atoms with van der Waals surface area (Å²) in [5.74, 6) is -0.669. The number of rotatable bonds is 8. The molecule has 0 saturated carbocycles. The molecule has 3 rings (SSSR count). The molecule has 0 aromatic heterocycles. The third-order valence-electron chi connectivity index (χ3n) is 4.95. The first-order chi connectivity index (χ1) is 15.7. The van der Waals surface area contributed by atoms with Crippen LogP contribution in [0.4, 0.5) is 11.4 Å². The van der Waals surface area contributed by atoms with Crippen molar-refractivity contribution in [3.8, 4) is 0 Å². The Labute approximate surface area is 191 Å². The SMILES string of the molecule is Cc1cccc(N(CC(=O)N/N=C\c2cccc([N+](=O)[O-])c2)S(=O)(=O)c2ccccc2)c1C. The molecular weight excluding hydrogens is 444 g/mol. The lowest BCUT2D eigenvalue weighted by molar-refractivity contribution is -0.384. The fraction of sp³-hybridized carbons (Fsp3) is 0.130. The molecule has 0 spiro atoms. The standard InChI is InChI=1S/C23H22N4O5S/c1-17-8-6-13-22(18(17)2)26(33(31,32)21-11-4-3-5-12-21)16-23(28)25-24-15-19-9-7-10-20(14-19)27(29)30/h3-15H,16H2,1-2H3,(H,25,28)/b24-15-. The van der Waals surface area contributed by atoms with Gasteiger partial charge in [0.25, 0.3) is 21.6 Å². The fourth-order valence-corrected chi connectivity index (χ4v) is 4.59. The minimum atomic E-state index is -4.04. The number of hydrogen-bond donors (Lipinski definition) is 1. The zero-order valence-corrected chi connectivity index (χ0v) is 18.8. The van der Waals surface area contributed by atoms with Gasteiger partial charge >= 0.3 is 0 Å². The van der Waals surface area contributed by atoms with E-state index in [1.54, 1.807) is 43.3 Å². The molecule has 3 aromatic rings. The second-order valence-corrected chi connectivity index (χ2v) is 9.05. The molecule has 9 nitrogen and oxygen atoms in total. The monoisotopic (exact) mass is 466 g/mol. The molecule has 0 aliphatic heterocycles. The molecule has 0 unspecified atom stereocenters. The highest BCUT2D eigenvalue weighted by atomic mass is 32.2. The normalized spacial score (nSPS) is 11.3. The van der Waals surface area contributed by atoms with E-state index >= 15 is 0 Å². The topological polar surface area (TPSA) is 122 Å². The maximum Gasteiger partial charge on any atom is 0.270 e. The molecule has 170 valence electrons. The number of nitrogens with zero attached hydrogens (tertiary/aromatic N) is 3. The molecule has 1 amide bonds. The zero-order chi connectivity index (χ0) is 24.0. The van der Waals surface area contributed by atoms with E-state index in [0.29, 0.717) is 11.3 Å². The summed E-state index contributed by atoms with van der Waals surface area (Å²) in [6.07, 6.45) is 1.25. The predicted octanol–water partition coefficient (Wildman–Crippen LogP) is 3.56. The Hall–Kier alpha value is -4.05. The van der Waals surface area contributed by atoms with Gasteiger partial charge in [0.1, 0.15) is 6.54 Å². The van der Waals surface area contributed by atoms with Gasteiger partial charge in [-0.2, -0.15) is 5.10 Å². The van der Waals surface area contributed by atoms with Crippen molar-refractivity contribution >= 4 is 33.5 Å². The third-order valence-corrected chi connectivity index (χ3v) is 6.72. The number of nitro groups is 1. The number of nitrogens with one attached hydrogen (secondary N) is 1. The molecule has 0 fully saturated rings. The molecular formula is C23H22N4O5S. The van der Waals surface area contributed by atoms with E-state index in [0.717, 1.165) is 15.4 Å². The van der Waals surface area contributed by atoms with Crippen molar-refractivity contribution in [1.82, 2.24) is 5.43 Å². The number of carbonyl (C=O) groups is 1. The maximum absolute atomic E-state index is 13.4. The summed E-state index contributed by atoms with van der Waals surface area (Å²) < 4.78 is 27.8. The summed E-state index contributed by atoms with van der Waals surface area (Å²) in [5, 5.41) is 14.7. The van der Waals surface area contributed by atoms with Crippen LogP contribution >= 0.6 is 0 Å². The summed E-state index contributed by atoms with van der Waals surface area (Å²) in [5.41, 5.74) is 4.58. The Bertz CT molecular complexity index is 1310. The van der Waals surface area contributed by atoms with E-state index in [2.05, 4.69) is 10.5 Å². The Balaban J connectivity index is 1.86. The van der Waals surface area contributed by atoms with Crippen molar-refractivity contribution in [2.75, 3.05) is 10.8 Å². The summed E-state index contributed by atoms with van der Waals surface area (Å²) >= 11 is 0. The first-order valence-electron chi connectivity index (χ1n) is 9.90. The number of carbonyl (C=O) groups excluding carboxylic acids is 1. The van der Waals surface area contributed by atoms with Gasteiger partial charge in [0, 0.05) is 17.7 Å². The van der Waals surface area contributed by atoms with E-state index in [9.17, 15) is 23.3 Å². The lowest BCUT2D eigenvalue weighted by Crippen LogP contribution is -2.40. The van der Waals surface area contributed by atoms with E-state index < -0.39 is 27.4 Å². The van der Waals surface area contributed by atoms with Gasteiger partial charge in [0.05, 0.1) is 21.7 Å². The number of benzene rings is 3. The molecule has 10 heteroatoms. The molecule has 0 atom stereocenters. The van der Waals surface area contributed by atoms with Gasteiger partial charge < -0.3 is 0 Å². The summed E-state index contributed by atoms with van der Waals surface area (Å²) in [6.45, 7) is 3.14. The van der Waals surface area contributed by atoms with Gasteiger partial charge in [-0.05, 0) is 43.2 Å². The van der Waals surface area contributed by atoms with E-state index in [4.69, 9.17) is 0 Å². The molecule has 0 saturated heterocycles. The minimum Gasteiger partial charge on any atom is -0.271 e. The molecule has 0 bridgehead atoms. The molecule has 1 N–H and O–H groups in total. The predicted molar refractivity (Wildman–Crippen MR) is 126 cm³/mol. The number of sulfonamides is 1. The lowest BCUT2D eigenvalue weighted by Gasteiger charge is -2.26. The van der Waals surface area contributed by atoms with E-state index in [-0.39, 0.29) is 10.6 Å². The Morgan fingerprint density at radius 3 is 2.45 bits per heavy atom. The van der Waals surface area contributed by atoms with Gasteiger partial charge in [0.2, 0.25) is 0 Å². The van der Waals surface area contributed by atoms with E-state index in [1.807, 2.05) is 13.0 Å². The second kappa shape index (κ2) is 10.0. The van der Waals surface area contributed by atoms with Crippen molar-refractivity contribution in [2.45, 2.75) is 18.7 Å². The van der Waals surface area contributed by atoms with E-state index in [1.165, 1.54) is 36.5 Å². The smallest absolute Gasteiger partial charge is 0.270 e. The first kappa shape index (κ1) is 23.6. The molecule has 0 aliphatic rings. The highest BCUT2D eigenvalue weighted by Crippen LogP contribution is 2.28. The number of anilines is 1. The van der Waals surface area contributed by atoms with Gasteiger partial charge in [-0.3, -0.25) is 19.2 Å². The summed E-state index contributed by atoms with van der Waals surface area (Å²) in [7, 11) is -4.04. The average molecular weight is 467 g/mol. The van der Waals surface area contributed by atoms with Gasteiger partial charge in [-0.15, -0.1) is 0 Å². The Kier molecular flexibility index (Phi) is 7.19. The molecule has 0 aliphatic carbocycles.